The summed E-state index contributed by atoms with van der Waals surface area (Å²) in [5.74, 6) is -0.103. The highest BCUT2D eigenvalue weighted by Crippen LogP contribution is 2.09. The van der Waals surface area contributed by atoms with E-state index >= 15 is 0 Å². The van der Waals surface area contributed by atoms with Crippen LogP contribution >= 0.6 is 0 Å². The molecule has 3 N–H and O–H groups in total. The largest absolute Gasteiger partial charge is 0.494 e. The number of carboxylic acid groups (broad SMARTS) is 1. The zero-order valence-corrected chi connectivity index (χ0v) is 9.13. The fourth-order valence-electron chi connectivity index (χ4n) is 1.30. The third kappa shape index (κ3) is 4.79. The molecule has 0 aliphatic rings. The third-order valence-electron chi connectivity index (χ3n) is 2.24. The molecule has 1 aromatic carbocycles. The van der Waals surface area contributed by atoms with Crippen LogP contribution < -0.4 is 10.5 Å². The molecule has 0 aliphatic carbocycles. The van der Waals surface area contributed by atoms with Crippen LogP contribution in [0.3, 0.4) is 0 Å². The minimum absolute atomic E-state index is 0.494. The zero-order chi connectivity index (χ0) is 11.8. The Hall–Kier alpha value is -1.55. The van der Waals surface area contributed by atoms with Gasteiger partial charge in [-0.05, 0) is 31.4 Å². The molecule has 4 nitrogen and oxygen atoms in total. The predicted octanol–water partition coefficient (Wildman–Crippen LogP) is 1.65. The van der Waals surface area contributed by atoms with E-state index in [0.717, 1.165) is 18.6 Å². The lowest BCUT2D eigenvalue weighted by molar-refractivity contribution is -0.138. The molecular formula is C12H17NO3. The van der Waals surface area contributed by atoms with E-state index in [-0.39, 0.29) is 0 Å². The number of para-hydroxylation sites is 1. The molecule has 0 unspecified atom stereocenters. The summed E-state index contributed by atoms with van der Waals surface area (Å²) in [5, 5.41) is 8.56. The predicted molar refractivity (Wildman–Crippen MR) is 61.4 cm³/mol. The molecule has 0 radical (unpaired) electrons. The van der Waals surface area contributed by atoms with Crippen molar-refractivity contribution in [3.8, 4) is 5.75 Å². The summed E-state index contributed by atoms with van der Waals surface area (Å²) in [6.07, 6.45) is 2.07. The van der Waals surface area contributed by atoms with E-state index in [9.17, 15) is 4.79 Å². The Balaban J connectivity index is 2.07. The maximum atomic E-state index is 10.4. The van der Waals surface area contributed by atoms with Gasteiger partial charge in [0.1, 0.15) is 11.8 Å². The molecule has 16 heavy (non-hydrogen) atoms. The lowest BCUT2D eigenvalue weighted by Crippen LogP contribution is -2.29. The van der Waals surface area contributed by atoms with E-state index in [1.165, 1.54) is 0 Å². The number of carboxylic acids is 1. The van der Waals surface area contributed by atoms with Gasteiger partial charge in [-0.15, -0.1) is 0 Å². The number of ether oxygens (including phenoxy) is 1. The summed E-state index contributed by atoms with van der Waals surface area (Å²) in [7, 11) is 0. The summed E-state index contributed by atoms with van der Waals surface area (Å²) in [4.78, 5) is 10.4. The van der Waals surface area contributed by atoms with Crippen LogP contribution in [0.4, 0.5) is 0 Å². The summed E-state index contributed by atoms with van der Waals surface area (Å²) in [6, 6.07) is 8.78. The van der Waals surface area contributed by atoms with Crippen molar-refractivity contribution >= 4 is 5.97 Å². The molecule has 0 bridgehead atoms. The van der Waals surface area contributed by atoms with E-state index in [1.807, 2.05) is 30.3 Å². The molecule has 0 saturated carbocycles. The molecule has 0 aromatic heterocycles. The van der Waals surface area contributed by atoms with Crippen molar-refractivity contribution in [2.24, 2.45) is 5.73 Å². The Morgan fingerprint density at radius 2 is 2.00 bits per heavy atom. The van der Waals surface area contributed by atoms with Crippen LogP contribution in [0.1, 0.15) is 19.3 Å². The Morgan fingerprint density at radius 3 is 2.62 bits per heavy atom. The number of hydrogen-bond donors (Lipinski definition) is 2. The number of rotatable bonds is 7. The van der Waals surface area contributed by atoms with Crippen LogP contribution in [-0.2, 0) is 4.79 Å². The van der Waals surface area contributed by atoms with Gasteiger partial charge < -0.3 is 15.6 Å². The first kappa shape index (κ1) is 12.5. The Kier molecular flexibility index (Phi) is 5.36. The number of carbonyl (C=O) groups is 1. The molecular weight excluding hydrogens is 206 g/mol. The Labute approximate surface area is 95.0 Å². The maximum absolute atomic E-state index is 10.4. The van der Waals surface area contributed by atoms with Crippen LogP contribution in [0.25, 0.3) is 0 Å². The quantitative estimate of drug-likeness (QED) is 0.689. The first-order valence-corrected chi connectivity index (χ1v) is 5.36. The second kappa shape index (κ2) is 6.85. The summed E-state index contributed by atoms with van der Waals surface area (Å²) in [6.45, 7) is 0.594. The second-order valence-electron chi connectivity index (χ2n) is 3.60. The van der Waals surface area contributed by atoms with E-state index < -0.39 is 12.0 Å². The van der Waals surface area contributed by atoms with Crippen molar-refractivity contribution in [2.45, 2.75) is 25.3 Å². The number of unbranched alkanes of at least 4 members (excludes halogenated alkanes) is 1. The molecule has 1 atom stereocenters. The molecule has 0 heterocycles. The summed E-state index contributed by atoms with van der Waals surface area (Å²) >= 11 is 0. The molecule has 4 heteroatoms. The van der Waals surface area contributed by atoms with Gasteiger partial charge in [-0.1, -0.05) is 18.2 Å². The van der Waals surface area contributed by atoms with Gasteiger partial charge in [0.25, 0.3) is 0 Å². The maximum Gasteiger partial charge on any atom is 0.320 e. The van der Waals surface area contributed by atoms with Gasteiger partial charge >= 0.3 is 5.97 Å². The van der Waals surface area contributed by atoms with Crippen LogP contribution in [0, 0.1) is 0 Å². The summed E-state index contributed by atoms with van der Waals surface area (Å²) < 4.78 is 5.46. The van der Waals surface area contributed by atoms with Crippen molar-refractivity contribution in [2.75, 3.05) is 6.61 Å². The molecule has 0 spiro atoms. The smallest absolute Gasteiger partial charge is 0.320 e. The van der Waals surface area contributed by atoms with Gasteiger partial charge in [-0.25, -0.2) is 0 Å². The highest BCUT2D eigenvalue weighted by atomic mass is 16.5. The van der Waals surface area contributed by atoms with Crippen molar-refractivity contribution in [1.29, 1.82) is 0 Å². The monoisotopic (exact) mass is 223 g/mol. The SMILES string of the molecule is N[C@@H](CCCCOc1ccccc1)C(=O)O. The van der Waals surface area contributed by atoms with Gasteiger partial charge in [-0.3, -0.25) is 4.79 Å². The minimum Gasteiger partial charge on any atom is -0.494 e. The van der Waals surface area contributed by atoms with E-state index in [4.69, 9.17) is 15.6 Å². The van der Waals surface area contributed by atoms with Crippen LogP contribution in [-0.4, -0.2) is 23.7 Å². The van der Waals surface area contributed by atoms with Crippen molar-refractivity contribution in [3.05, 3.63) is 30.3 Å². The first-order valence-electron chi connectivity index (χ1n) is 5.36. The summed E-state index contributed by atoms with van der Waals surface area (Å²) in [5.41, 5.74) is 5.37. The zero-order valence-electron chi connectivity index (χ0n) is 9.13. The minimum atomic E-state index is -0.941. The lowest BCUT2D eigenvalue weighted by Gasteiger charge is -2.07. The van der Waals surface area contributed by atoms with Crippen LogP contribution in [0.2, 0.25) is 0 Å². The highest BCUT2D eigenvalue weighted by molar-refractivity contribution is 5.72. The third-order valence-corrected chi connectivity index (χ3v) is 2.24. The average molecular weight is 223 g/mol. The van der Waals surface area contributed by atoms with E-state index in [1.54, 1.807) is 0 Å². The number of hydrogen-bond acceptors (Lipinski definition) is 3. The van der Waals surface area contributed by atoms with Gasteiger partial charge in [0.05, 0.1) is 6.61 Å². The van der Waals surface area contributed by atoms with Crippen molar-refractivity contribution in [3.63, 3.8) is 0 Å². The average Bonchev–Trinajstić information content (AvgIpc) is 2.29. The van der Waals surface area contributed by atoms with Crippen molar-refractivity contribution in [1.82, 2.24) is 0 Å². The van der Waals surface area contributed by atoms with Crippen LogP contribution in [0.5, 0.6) is 5.75 Å². The van der Waals surface area contributed by atoms with Crippen LogP contribution in [0.15, 0.2) is 30.3 Å². The van der Waals surface area contributed by atoms with E-state index in [0.29, 0.717) is 13.0 Å². The first-order chi connectivity index (χ1) is 7.70. The van der Waals surface area contributed by atoms with Gasteiger partial charge in [0.15, 0.2) is 0 Å². The highest BCUT2D eigenvalue weighted by Gasteiger charge is 2.09. The second-order valence-corrected chi connectivity index (χ2v) is 3.60. The van der Waals surface area contributed by atoms with Gasteiger partial charge in [0, 0.05) is 0 Å². The standard InChI is InChI=1S/C12H17NO3/c13-11(12(14)15)8-4-5-9-16-10-6-2-1-3-7-10/h1-3,6-7,11H,4-5,8-9,13H2,(H,14,15)/t11-/m0/s1. The van der Waals surface area contributed by atoms with Crippen molar-refractivity contribution < 1.29 is 14.6 Å². The molecule has 88 valence electrons. The van der Waals surface area contributed by atoms with Gasteiger partial charge in [-0.2, -0.15) is 0 Å². The Bertz CT molecular complexity index is 313. The fraction of sp³-hybridized carbons (Fsp3) is 0.417. The fourth-order valence-corrected chi connectivity index (χ4v) is 1.30. The van der Waals surface area contributed by atoms with Gasteiger partial charge in [0.2, 0.25) is 0 Å². The Morgan fingerprint density at radius 1 is 1.31 bits per heavy atom. The molecule has 0 fully saturated rings. The molecule has 0 aliphatic heterocycles. The number of benzene rings is 1. The topological polar surface area (TPSA) is 72.5 Å². The van der Waals surface area contributed by atoms with E-state index in [2.05, 4.69) is 0 Å². The number of nitrogens with two attached hydrogens (primary N) is 1. The number of aliphatic carboxylic acids is 1. The molecule has 1 aromatic rings. The molecule has 0 saturated heterocycles. The normalized spacial score (nSPS) is 12.1. The molecule has 1 rings (SSSR count). The molecule has 0 amide bonds. The lowest BCUT2D eigenvalue weighted by atomic mass is 10.1.